The van der Waals surface area contributed by atoms with Gasteiger partial charge in [0.25, 0.3) is 0 Å². The van der Waals surface area contributed by atoms with Crippen molar-refractivity contribution >= 4 is 46.6 Å². The standard InChI is InChI=1S/C16H12ClFN2O2S/c1-20-12-7-9(17)5-6-13(12)23-14(16(20)22)15(21)19-11-4-2-3-10(18)8-11/h2-8,14H,1H3,(H,19,21). The molecule has 1 aliphatic heterocycles. The molecule has 1 heterocycles. The highest BCUT2D eigenvalue weighted by Crippen LogP contribution is 2.40. The van der Waals surface area contributed by atoms with Crippen molar-refractivity contribution in [2.24, 2.45) is 0 Å². The molecule has 0 saturated carbocycles. The number of halogens is 2. The molecule has 7 heteroatoms. The quantitative estimate of drug-likeness (QED) is 0.843. The summed E-state index contributed by atoms with van der Waals surface area (Å²) in [5.74, 6) is -1.29. The van der Waals surface area contributed by atoms with Gasteiger partial charge in [-0.1, -0.05) is 17.7 Å². The Hall–Kier alpha value is -2.05. The van der Waals surface area contributed by atoms with E-state index < -0.39 is 17.0 Å². The van der Waals surface area contributed by atoms with E-state index in [4.69, 9.17) is 11.6 Å². The summed E-state index contributed by atoms with van der Waals surface area (Å²) in [7, 11) is 1.60. The first-order valence-corrected chi connectivity index (χ1v) is 8.01. The summed E-state index contributed by atoms with van der Waals surface area (Å²) >= 11 is 7.10. The van der Waals surface area contributed by atoms with E-state index in [1.165, 1.54) is 23.1 Å². The maximum absolute atomic E-state index is 13.2. The minimum atomic E-state index is -0.933. The molecule has 1 atom stereocenters. The predicted octanol–water partition coefficient (Wildman–Crippen LogP) is 3.55. The first-order chi connectivity index (χ1) is 11.0. The molecule has 23 heavy (non-hydrogen) atoms. The Morgan fingerprint density at radius 3 is 2.83 bits per heavy atom. The summed E-state index contributed by atoms with van der Waals surface area (Å²) in [4.78, 5) is 27.0. The Balaban J connectivity index is 1.84. The number of thioether (sulfide) groups is 1. The summed E-state index contributed by atoms with van der Waals surface area (Å²) in [6.07, 6.45) is 0. The number of carbonyl (C=O) groups excluding carboxylic acids is 2. The molecule has 0 aliphatic carbocycles. The summed E-state index contributed by atoms with van der Waals surface area (Å²) < 4.78 is 13.2. The number of carbonyl (C=O) groups is 2. The maximum atomic E-state index is 13.2. The van der Waals surface area contributed by atoms with Crippen molar-refractivity contribution in [1.82, 2.24) is 0 Å². The Morgan fingerprint density at radius 2 is 2.09 bits per heavy atom. The van der Waals surface area contributed by atoms with Crippen LogP contribution in [0.4, 0.5) is 15.8 Å². The van der Waals surface area contributed by atoms with E-state index in [-0.39, 0.29) is 5.91 Å². The van der Waals surface area contributed by atoms with Gasteiger partial charge in [-0.05, 0) is 36.4 Å². The van der Waals surface area contributed by atoms with Crippen LogP contribution in [0.3, 0.4) is 0 Å². The molecular formula is C16H12ClFN2O2S. The van der Waals surface area contributed by atoms with E-state index in [0.29, 0.717) is 16.4 Å². The first kappa shape index (κ1) is 15.8. The van der Waals surface area contributed by atoms with Crippen molar-refractivity contribution in [1.29, 1.82) is 0 Å². The van der Waals surface area contributed by atoms with Crippen LogP contribution < -0.4 is 10.2 Å². The second-order valence-corrected chi connectivity index (χ2v) is 6.59. The van der Waals surface area contributed by atoms with E-state index >= 15 is 0 Å². The van der Waals surface area contributed by atoms with E-state index in [0.717, 1.165) is 16.7 Å². The molecule has 0 bridgehead atoms. The highest BCUT2D eigenvalue weighted by Gasteiger charge is 2.36. The molecule has 118 valence electrons. The van der Waals surface area contributed by atoms with Crippen LogP contribution in [0.15, 0.2) is 47.4 Å². The van der Waals surface area contributed by atoms with Gasteiger partial charge in [-0.3, -0.25) is 9.59 Å². The van der Waals surface area contributed by atoms with Gasteiger partial charge in [0.1, 0.15) is 5.82 Å². The Morgan fingerprint density at radius 1 is 1.30 bits per heavy atom. The van der Waals surface area contributed by atoms with Crippen molar-refractivity contribution < 1.29 is 14.0 Å². The average molecular weight is 351 g/mol. The maximum Gasteiger partial charge on any atom is 0.249 e. The van der Waals surface area contributed by atoms with Gasteiger partial charge in [-0.15, -0.1) is 11.8 Å². The van der Waals surface area contributed by atoms with Crippen LogP contribution in [0.5, 0.6) is 0 Å². The SMILES string of the molecule is CN1C(=O)C(C(=O)Nc2cccc(F)c2)Sc2ccc(Cl)cc21. The van der Waals surface area contributed by atoms with Gasteiger partial charge in [0, 0.05) is 22.7 Å². The van der Waals surface area contributed by atoms with Gasteiger partial charge >= 0.3 is 0 Å². The van der Waals surface area contributed by atoms with Gasteiger partial charge in [0.05, 0.1) is 5.69 Å². The lowest BCUT2D eigenvalue weighted by Gasteiger charge is -2.30. The largest absolute Gasteiger partial charge is 0.325 e. The molecule has 2 aromatic carbocycles. The normalized spacial score (nSPS) is 16.9. The van der Waals surface area contributed by atoms with Crippen molar-refractivity contribution in [3.63, 3.8) is 0 Å². The van der Waals surface area contributed by atoms with Crippen LogP contribution in [-0.4, -0.2) is 24.1 Å². The van der Waals surface area contributed by atoms with Gasteiger partial charge < -0.3 is 10.2 Å². The second-order valence-electron chi connectivity index (χ2n) is 5.01. The molecule has 1 N–H and O–H groups in total. The highest BCUT2D eigenvalue weighted by atomic mass is 35.5. The molecule has 4 nitrogen and oxygen atoms in total. The zero-order valence-corrected chi connectivity index (χ0v) is 13.6. The number of rotatable bonds is 2. The van der Waals surface area contributed by atoms with E-state index in [1.54, 1.807) is 31.3 Å². The van der Waals surface area contributed by atoms with Gasteiger partial charge in [-0.2, -0.15) is 0 Å². The van der Waals surface area contributed by atoms with Crippen molar-refractivity contribution in [3.8, 4) is 0 Å². The Bertz CT molecular complexity index is 799. The molecule has 0 radical (unpaired) electrons. The summed E-state index contributed by atoms with van der Waals surface area (Å²) in [5.41, 5.74) is 0.982. The summed E-state index contributed by atoms with van der Waals surface area (Å²) in [5, 5.41) is 2.16. The lowest BCUT2D eigenvalue weighted by Crippen LogP contribution is -2.44. The topological polar surface area (TPSA) is 49.4 Å². The zero-order valence-electron chi connectivity index (χ0n) is 12.0. The minimum absolute atomic E-state index is 0.313. The predicted molar refractivity (Wildman–Crippen MR) is 89.5 cm³/mol. The number of benzene rings is 2. The fourth-order valence-electron chi connectivity index (χ4n) is 2.26. The summed E-state index contributed by atoms with van der Waals surface area (Å²) in [6.45, 7) is 0. The molecule has 1 unspecified atom stereocenters. The zero-order chi connectivity index (χ0) is 16.6. The van der Waals surface area contributed by atoms with Crippen molar-refractivity contribution in [2.75, 3.05) is 17.3 Å². The smallest absolute Gasteiger partial charge is 0.249 e. The van der Waals surface area contributed by atoms with Crippen LogP contribution in [-0.2, 0) is 9.59 Å². The summed E-state index contributed by atoms with van der Waals surface area (Å²) in [6, 6.07) is 10.7. The van der Waals surface area contributed by atoms with Gasteiger partial charge in [0.15, 0.2) is 5.25 Å². The van der Waals surface area contributed by atoms with Crippen LogP contribution in [0.2, 0.25) is 5.02 Å². The molecule has 0 spiro atoms. The van der Waals surface area contributed by atoms with Crippen LogP contribution >= 0.6 is 23.4 Å². The molecular weight excluding hydrogens is 339 g/mol. The van der Waals surface area contributed by atoms with Gasteiger partial charge in [0.2, 0.25) is 11.8 Å². The van der Waals surface area contributed by atoms with Crippen LogP contribution in [0.1, 0.15) is 0 Å². The fraction of sp³-hybridized carbons (Fsp3) is 0.125. The number of nitrogens with zero attached hydrogens (tertiary/aromatic N) is 1. The third kappa shape index (κ3) is 3.18. The van der Waals surface area contributed by atoms with Crippen molar-refractivity contribution in [2.45, 2.75) is 10.1 Å². The van der Waals surface area contributed by atoms with Crippen LogP contribution in [0.25, 0.3) is 0 Å². The number of amides is 2. The highest BCUT2D eigenvalue weighted by molar-refractivity contribution is 8.01. The number of fused-ring (bicyclic) bond motifs is 1. The third-order valence-corrected chi connectivity index (χ3v) is 4.90. The number of nitrogens with one attached hydrogen (secondary N) is 1. The number of anilines is 2. The molecule has 2 aromatic rings. The molecule has 0 aromatic heterocycles. The molecule has 1 aliphatic rings. The second kappa shape index (κ2) is 6.22. The number of hydrogen-bond donors (Lipinski definition) is 1. The minimum Gasteiger partial charge on any atom is -0.325 e. The fourth-order valence-corrected chi connectivity index (χ4v) is 3.57. The Kier molecular flexibility index (Phi) is 4.28. The lowest BCUT2D eigenvalue weighted by atomic mass is 10.2. The molecule has 0 saturated heterocycles. The lowest BCUT2D eigenvalue weighted by molar-refractivity contribution is -0.124. The van der Waals surface area contributed by atoms with E-state index in [1.807, 2.05) is 0 Å². The number of hydrogen-bond acceptors (Lipinski definition) is 3. The van der Waals surface area contributed by atoms with Crippen molar-refractivity contribution in [3.05, 3.63) is 53.3 Å². The molecule has 2 amide bonds. The molecule has 3 rings (SSSR count). The van der Waals surface area contributed by atoms with E-state index in [2.05, 4.69) is 5.32 Å². The van der Waals surface area contributed by atoms with E-state index in [9.17, 15) is 14.0 Å². The average Bonchev–Trinajstić information content (AvgIpc) is 2.51. The Labute approximate surface area is 141 Å². The van der Waals surface area contributed by atoms with Gasteiger partial charge in [-0.25, -0.2) is 4.39 Å². The van der Waals surface area contributed by atoms with Crippen LogP contribution in [0, 0.1) is 5.82 Å². The third-order valence-electron chi connectivity index (χ3n) is 3.41. The monoisotopic (exact) mass is 350 g/mol. The first-order valence-electron chi connectivity index (χ1n) is 6.76. The molecule has 0 fully saturated rings.